The Kier molecular flexibility index (Phi) is 4.13. The van der Waals surface area contributed by atoms with Crippen molar-refractivity contribution in [2.45, 2.75) is 25.4 Å². The van der Waals surface area contributed by atoms with E-state index in [0.717, 1.165) is 30.6 Å². The molecule has 0 spiro atoms. The number of rotatable bonds is 4. The zero-order valence-corrected chi connectivity index (χ0v) is 12.5. The molecule has 1 unspecified atom stereocenters. The molecule has 0 bridgehead atoms. The highest BCUT2D eigenvalue weighted by atomic mass is 16.5. The maximum absolute atomic E-state index is 5.50. The molecule has 0 saturated carbocycles. The molecule has 1 aromatic carbocycles. The maximum atomic E-state index is 5.50. The number of ether oxygens (including phenoxy) is 2. The highest BCUT2D eigenvalue weighted by Crippen LogP contribution is 2.28. The minimum absolute atomic E-state index is 0.771. The Morgan fingerprint density at radius 3 is 2.85 bits per heavy atom. The minimum Gasteiger partial charge on any atom is -0.497 e. The van der Waals surface area contributed by atoms with Crippen molar-refractivity contribution in [3.05, 3.63) is 23.8 Å². The highest BCUT2D eigenvalue weighted by molar-refractivity contribution is 5.40. The number of piperazine rings is 1. The van der Waals surface area contributed by atoms with Gasteiger partial charge in [-0.15, -0.1) is 0 Å². The summed E-state index contributed by atoms with van der Waals surface area (Å²) in [7, 11) is 3.42. The molecule has 2 saturated heterocycles. The number of hydrogen-bond donors (Lipinski definition) is 0. The van der Waals surface area contributed by atoms with E-state index in [-0.39, 0.29) is 0 Å². The van der Waals surface area contributed by atoms with Crippen molar-refractivity contribution in [1.29, 1.82) is 0 Å². The van der Waals surface area contributed by atoms with Crippen molar-refractivity contribution in [1.82, 2.24) is 9.80 Å². The topological polar surface area (TPSA) is 24.9 Å². The predicted molar refractivity (Wildman–Crippen MR) is 79.4 cm³/mol. The summed E-state index contributed by atoms with van der Waals surface area (Å²) in [5.74, 6) is 1.78. The molecule has 2 aliphatic rings. The summed E-state index contributed by atoms with van der Waals surface area (Å²) in [6, 6.07) is 6.89. The molecule has 0 radical (unpaired) electrons. The molecule has 4 nitrogen and oxygen atoms in total. The van der Waals surface area contributed by atoms with E-state index in [1.807, 2.05) is 12.1 Å². The van der Waals surface area contributed by atoms with Crippen molar-refractivity contribution in [2.75, 3.05) is 40.4 Å². The largest absolute Gasteiger partial charge is 0.497 e. The SMILES string of the molecule is COc1ccc(CN2CCN3CCCC3C2)c(OC)c1. The number of nitrogens with zero attached hydrogens (tertiary/aromatic N) is 2. The van der Waals surface area contributed by atoms with Gasteiger partial charge in [0.1, 0.15) is 11.5 Å². The number of methoxy groups -OCH3 is 2. The highest BCUT2D eigenvalue weighted by Gasteiger charge is 2.30. The molecule has 2 aliphatic heterocycles. The van der Waals surface area contributed by atoms with Crippen LogP contribution < -0.4 is 9.47 Å². The van der Waals surface area contributed by atoms with Gasteiger partial charge >= 0.3 is 0 Å². The standard InChI is InChI=1S/C16H24N2O2/c1-19-15-6-5-13(16(10-15)20-2)11-17-8-9-18-7-3-4-14(18)12-17/h5-6,10,14H,3-4,7-9,11-12H2,1-2H3. The first-order valence-electron chi connectivity index (χ1n) is 7.47. The summed E-state index contributed by atoms with van der Waals surface area (Å²) in [6.45, 7) is 5.83. The van der Waals surface area contributed by atoms with E-state index in [9.17, 15) is 0 Å². The van der Waals surface area contributed by atoms with Crippen LogP contribution in [0.2, 0.25) is 0 Å². The van der Waals surface area contributed by atoms with E-state index in [0.29, 0.717) is 0 Å². The molecule has 2 heterocycles. The fourth-order valence-corrected chi connectivity index (χ4v) is 3.42. The van der Waals surface area contributed by atoms with Crippen LogP contribution in [0.4, 0.5) is 0 Å². The molecule has 0 amide bonds. The van der Waals surface area contributed by atoms with Gasteiger partial charge in [0.25, 0.3) is 0 Å². The third kappa shape index (κ3) is 2.76. The van der Waals surface area contributed by atoms with Gasteiger partial charge in [-0.05, 0) is 25.5 Å². The summed E-state index contributed by atoms with van der Waals surface area (Å²) in [4.78, 5) is 5.19. The quantitative estimate of drug-likeness (QED) is 0.839. The lowest BCUT2D eigenvalue weighted by Crippen LogP contribution is -2.49. The second-order valence-corrected chi connectivity index (χ2v) is 5.74. The molecule has 2 fully saturated rings. The van der Waals surface area contributed by atoms with Gasteiger partial charge in [-0.2, -0.15) is 0 Å². The predicted octanol–water partition coefficient (Wildman–Crippen LogP) is 1.98. The van der Waals surface area contributed by atoms with Gasteiger partial charge in [0, 0.05) is 43.9 Å². The van der Waals surface area contributed by atoms with Crippen LogP contribution >= 0.6 is 0 Å². The molecule has 110 valence electrons. The van der Waals surface area contributed by atoms with Crippen LogP contribution in [0.5, 0.6) is 11.5 Å². The maximum Gasteiger partial charge on any atom is 0.127 e. The van der Waals surface area contributed by atoms with Crippen LogP contribution in [-0.4, -0.2) is 56.2 Å². The Balaban J connectivity index is 1.68. The summed E-state index contributed by atoms with van der Waals surface area (Å²) < 4.78 is 10.8. The summed E-state index contributed by atoms with van der Waals surface area (Å²) in [5.41, 5.74) is 1.25. The van der Waals surface area contributed by atoms with Gasteiger partial charge in [-0.25, -0.2) is 0 Å². The first-order valence-corrected chi connectivity index (χ1v) is 7.47. The fraction of sp³-hybridized carbons (Fsp3) is 0.625. The van der Waals surface area contributed by atoms with Crippen molar-refractivity contribution < 1.29 is 9.47 Å². The molecule has 0 aliphatic carbocycles. The van der Waals surface area contributed by atoms with Gasteiger partial charge in [0.2, 0.25) is 0 Å². The third-order valence-corrected chi connectivity index (χ3v) is 4.56. The van der Waals surface area contributed by atoms with Crippen LogP contribution in [0.15, 0.2) is 18.2 Å². The van der Waals surface area contributed by atoms with Crippen molar-refractivity contribution in [2.24, 2.45) is 0 Å². The lowest BCUT2D eigenvalue weighted by Gasteiger charge is -2.37. The van der Waals surface area contributed by atoms with E-state index in [4.69, 9.17) is 9.47 Å². The van der Waals surface area contributed by atoms with Crippen LogP contribution in [-0.2, 0) is 6.54 Å². The van der Waals surface area contributed by atoms with E-state index in [1.54, 1.807) is 14.2 Å². The Morgan fingerprint density at radius 2 is 2.05 bits per heavy atom. The smallest absolute Gasteiger partial charge is 0.127 e. The number of hydrogen-bond acceptors (Lipinski definition) is 4. The van der Waals surface area contributed by atoms with Crippen LogP contribution in [0.1, 0.15) is 18.4 Å². The number of benzene rings is 1. The molecule has 1 aromatic rings. The first kappa shape index (κ1) is 13.7. The van der Waals surface area contributed by atoms with E-state index >= 15 is 0 Å². The van der Waals surface area contributed by atoms with Gasteiger partial charge in [-0.3, -0.25) is 9.80 Å². The van der Waals surface area contributed by atoms with E-state index < -0.39 is 0 Å². The van der Waals surface area contributed by atoms with Crippen molar-refractivity contribution in [3.8, 4) is 11.5 Å². The molecule has 20 heavy (non-hydrogen) atoms. The van der Waals surface area contributed by atoms with E-state index in [2.05, 4.69) is 15.9 Å². The fourth-order valence-electron chi connectivity index (χ4n) is 3.42. The first-order chi connectivity index (χ1) is 9.80. The zero-order valence-electron chi connectivity index (χ0n) is 12.5. The van der Waals surface area contributed by atoms with Gasteiger partial charge in [0.05, 0.1) is 14.2 Å². The summed E-state index contributed by atoms with van der Waals surface area (Å²) in [5, 5.41) is 0. The van der Waals surface area contributed by atoms with Crippen LogP contribution in [0.25, 0.3) is 0 Å². The average Bonchev–Trinajstić information content (AvgIpc) is 2.95. The molecule has 1 atom stereocenters. The lowest BCUT2D eigenvalue weighted by molar-refractivity contribution is 0.0987. The number of fused-ring (bicyclic) bond motifs is 1. The van der Waals surface area contributed by atoms with Crippen molar-refractivity contribution in [3.63, 3.8) is 0 Å². The Labute approximate surface area is 121 Å². The second kappa shape index (κ2) is 6.02. The van der Waals surface area contributed by atoms with Crippen LogP contribution in [0, 0.1) is 0 Å². The molecule has 0 N–H and O–H groups in total. The average molecular weight is 276 g/mol. The third-order valence-electron chi connectivity index (χ3n) is 4.56. The molecule has 4 heteroatoms. The Hall–Kier alpha value is -1.26. The summed E-state index contributed by atoms with van der Waals surface area (Å²) in [6.07, 6.45) is 2.72. The van der Waals surface area contributed by atoms with Gasteiger partial charge in [-0.1, -0.05) is 6.07 Å². The normalized spacial score (nSPS) is 23.6. The van der Waals surface area contributed by atoms with Crippen LogP contribution in [0.3, 0.4) is 0 Å². The summed E-state index contributed by atoms with van der Waals surface area (Å²) >= 11 is 0. The minimum atomic E-state index is 0.771. The molecular formula is C16H24N2O2. The monoisotopic (exact) mass is 276 g/mol. The van der Waals surface area contributed by atoms with Crippen molar-refractivity contribution >= 4 is 0 Å². The molecule has 0 aromatic heterocycles. The second-order valence-electron chi connectivity index (χ2n) is 5.74. The van der Waals surface area contributed by atoms with Gasteiger partial charge in [0.15, 0.2) is 0 Å². The molecular weight excluding hydrogens is 252 g/mol. The lowest BCUT2D eigenvalue weighted by atomic mass is 10.1. The van der Waals surface area contributed by atoms with E-state index in [1.165, 1.54) is 38.0 Å². The Morgan fingerprint density at radius 1 is 1.15 bits per heavy atom. The Bertz CT molecular complexity index is 464. The van der Waals surface area contributed by atoms with Gasteiger partial charge < -0.3 is 9.47 Å². The zero-order chi connectivity index (χ0) is 13.9. The molecule has 3 rings (SSSR count).